The van der Waals surface area contributed by atoms with Crippen molar-refractivity contribution < 1.29 is 53.5 Å². The van der Waals surface area contributed by atoms with Gasteiger partial charge in [-0.25, -0.2) is 17.6 Å². The molecule has 148 valence electrons. The SMILES string of the molecule is O=C(c1ccccc1)C(F)(F)C(=O)C1(F)C(F)=C(F)C(F)C(F)(F)C1(F)F. The highest BCUT2D eigenvalue weighted by Gasteiger charge is 2.84. The molecule has 1 aliphatic rings. The van der Waals surface area contributed by atoms with Crippen molar-refractivity contribution in [1.82, 2.24) is 0 Å². The second kappa shape index (κ2) is 6.06. The molecule has 0 saturated heterocycles. The number of rotatable bonds is 4. The van der Waals surface area contributed by atoms with Gasteiger partial charge in [-0.3, -0.25) is 9.59 Å². The summed E-state index contributed by atoms with van der Waals surface area (Å²) >= 11 is 0. The summed E-state index contributed by atoms with van der Waals surface area (Å²) in [5.41, 5.74) is -7.37. The van der Waals surface area contributed by atoms with E-state index in [1.165, 1.54) is 6.07 Å². The van der Waals surface area contributed by atoms with Gasteiger partial charge >= 0.3 is 17.8 Å². The van der Waals surface area contributed by atoms with E-state index in [1.54, 1.807) is 0 Å². The Balaban J connectivity index is 2.66. The molecule has 0 aliphatic heterocycles. The molecule has 0 radical (unpaired) electrons. The maximum Gasteiger partial charge on any atom is 0.370 e. The van der Waals surface area contributed by atoms with Crippen LogP contribution >= 0.6 is 0 Å². The molecule has 0 bridgehead atoms. The molecule has 27 heavy (non-hydrogen) atoms. The quantitative estimate of drug-likeness (QED) is 0.416. The summed E-state index contributed by atoms with van der Waals surface area (Å²) in [5, 5.41) is 0. The van der Waals surface area contributed by atoms with Gasteiger partial charge in [0, 0.05) is 5.56 Å². The van der Waals surface area contributed by atoms with Crippen molar-refractivity contribution in [1.29, 1.82) is 0 Å². The Hall–Kier alpha value is -2.40. The lowest BCUT2D eigenvalue weighted by Gasteiger charge is -2.41. The van der Waals surface area contributed by atoms with E-state index in [4.69, 9.17) is 0 Å². The molecule has 2 nitrogen and oxygen atoms in total. The molecular formula is C15H6F10O2. The number of carbonyl (C=O) groups is 2. The first-order valence-electron chi connectivity index (χ1n) is 6.82. The van der Waals surface area contributed by atoms with Gasteiger partial charge in [-0.15, -0.1) is 0 Å². The van der Waals surface area contributed by atoms with E-state index in [1.807, 2.05) is 0 Å². The van der Waals surface area contributed by atoms with Crippen molar-refractivity contribution in [3.63, 3.8) is 0 Å². The molecule has 1 aliphatic carbocycles. The summed E-state index contributed by atoms with van der Waals surface area (Å²) < 4.78 is 136. The van der Waals surface area contributed by atoms with Crippen molar-refractivity contribution in [3.05, 3.63) is 47.5 Å². The van der Waals surface area contributed by atoms with Crippen LogP contribution in [0.1, 0.15) is 10.4 Å². The Morgan fingerprint density at radius 3 is 1.89 bits per heavy atom. The first-order valence-corrected chi connectivity index (χ1v) is 6.82. The van der Waals surface area contributed by atoms with Crippen LogP contribution in [0.25, 0.3) is 0 Å². The van der Waals surface area contributed by atoms with Crippen LogP contribution in [-0.4, -0.2) is 41.2 Å². The fourth-order valence-corrected chi connectivity index (χ4v) is 2.29. The molecule has 1 aromatic carbocycles. The molecule has 0 heterocycles. The highest BCUT2D eigenvalue weighted by atomic mass is 19.3. The van der Waals surface area contributed by atoms with Crippen LogP contribution in [-0.2, 0) is 4.79 Å². The van der Waals surface area contributed by atoms with E-state index in [0.29, 0.717) is 12.1 Å². The van der Waals surface area contributed by atoms with Crippen molar-refractivity contribution >= 4 is 11.6 Å². The lowest BCUT2D eigenvalue weighted by atomic mass is 9.77. The normalized spacial score (nSPS) is 27.4. The smallest absolute Gasteiger partial charge is 0.288 e. The summed E-state index contributed by atoms with van der Waals surface area (Å²) in [7, 11) is 0. The fraction of sp³-hybridized carbons (Fsp3) is 0.333. The van der Waals surface area contributed by atoms with Gasteiger partial charge in [0.25, 0.3) is 11.5 Å². The average molecular weight is 408 g/mol. The highest BCUT2D eigenvalue weighted by molar-refractivity contribution is 6.19. The van der Waals surface area contributed by atoms with E-state index >= 15 is 0 Å². The maximum absolute atomic E-state index is 14.4. The predicted octanol–water partition coefficient (Wildman–Crippen LogP) is 4.55. The summed E-state index contributed by atoms with van der Waals surface area (Å²) in [5.74, 6) is -32.9. The number of carbonyl (C=O) groups excluding carboxylic acids is 2. The molecule has 0 aromatic heterocycles. The van der Waals surface area contributed by atoms with E-state index in [2.05, 4.69) is 0 Å². The summed E-state index contributed by atoms with van der Waals surface area (Å²) in [6.07, 6.45) is -4.73. The van der Waals surface area contributed by atoms with E-state index in [0.717, 1.165) is 12.1 Å². The van der Waals surface area contributed by atoms with Crippen molar-refractivity contribution in [2.75, 3.05) is 0 Å². The third kappa shape index (κ3) is 2.56. The minimum absolute atomic E-state index is 0.631. The molecule has 2 atom stereocenters. The Kier molecular flexibility index (Phi) is 4.69. The number of halogens is 10. The monoisotopic (exact) mass is 408 g/mol. The zero-order chi connectivity index (χ0) is 21.0. The Labute approximate surface area is 143 Å². The number of benzene rings is 1. The van der Waals surface area contributed by atoms with Crippen LogP contribution in [0.5, 0.6) is 0 Å². The van der Waals surface area contributed by atoms with Crippen LogP contribution in [0.15, 0.2) is 42.0 Å². The largest absolute Gasteiger partial charge is 0.370 e. The number of alkyl halides is 8. The second-order valence-electron chi connectivity index (χ2n) is 5.48. The van der Waals surface area contributed by atoms with E-state index in [9.17, 15) is 53.5 Å². The van der Waals surface area contributed by atoms with Gasteiger partial charge in [0.2, 0.25) is 12.0 Å². The van der Waals surface area contributed by atoms with Crippen molar-refractivity contribution in [2.24, 2.45) is 0 Å². The zero-order valence-corrected chi connectivity index (χ0v) is 12.6. The molecule has 1 aromatic rings. The number of hydrogen-bond donors (Lipinski definition) is 0. The van der Waals surface area contributed by atoms with Crippen molar-refractivity contribution in [3.8, 4) is 0 Å². The summed E-state index contributed by atoms with van der Waals surface area (Å²) in [6.45, 7) is 0. The maximum atomic E-state index is 14.4. The molecule has 2 unspecified atom stereocenters. The highest BCUT2D eigenvalue weighted by Crippen LogP contribution is 2.58. The molecular weight excluding hydrogens is 402 g/mol. The fourth-order valence-electron chi connectivity index (χ4n) is 2.29. The number of hydrogen-bond acceptors (Lipinski definition) is 2. The Bertz CT molecular complexity index is 817. The van der Waals surface area contributed by atoms with E-state index in [-0.39, 0.29) is 0 Å². The summed E-state index contributed by atoms with van der Waals surface area (Å²) in [4.78, 5) is 23.2. The minimum Gasteiger partial charge on any atom is -0.288 e. The topological polar surface area (TPSA) is 34.1 Å². The number of allylic oxidation sites excluding steroid dienone is 2. The Morgan fingerprint density at radius 2 is 1.41 bits per heavy atom. The second-order valence-corrected chi connectivity index (χ2v) is 5.48. The molecule has 0 amide bonds. The van der Waals surface area contributed by atoms with E-state index < -0.39 is 58.4 Å². The van der Waals surface area contributed by atoms with Gasteiger partial charge in [-0.1, -0.05) is 30.3 Å². The lowest BCUT2D eigenvalue weighted by Crippen LogP contribution is -2.70. The van der Waals surface area contributed by atoms with Crippen LogP contribution in [0.3, 0.4) is 0 Å². The van der Waals surface area contributed by atoms with Gasteiger partial charge in [0.05, 0.1) is 0 Å². The molecule has 0 fully saturated rings. The molecule has 0 N–H and O–H groups in total. The first-order chi connectivity index (χ1) is 12.1. The van der Waals surface area contributed by atoms with Crippen LogP contribution < -0.4 is 0 Å². The van der Waals surface area contributed by atoms with Gasteiger partial charge in [0.1, 0.15) is 0 Å². The lowest BCUT2D eigenvalue weighted by molar-refractivity contribution is -0.290. The van der Waals surface area contributed by atoms with Crippen molar-refractivity contribution in [2.45, 2.75) is 29.6 Å². The van der Waals surface area contributed by atoms with Crippen LogP contribution in [0.2, 0.25) is 0 Å². The van der Waals surface area contributed by atoms with Crippen LogP contribution in [0, 0.1) is 0 Å². The van der Waals surface area contributed by atoms with Gasteiger partial charge < -0.3 is 0 Å². The molecule has 0 spiro atoms. The third-order valence-corrected chi connectivity index (χ3v) is 3.82. The predicted molar refractivity (Wildman–Crippen MR) is 68.6 cm³/mol. The molecule has 12 heteroatoms. The average Bonchev–Trinajstić information content (AvgIpc) is 2.63. The standard InChI is InChI=1S/C15H6F10O2/c16-7-8(17)12(19,15(24,25)14(22,23)9(7)18)11(27)13(20,21)10(26)6-4-2-1-3-5-6/h1-5,9H. The van der Waals surface area contributed by atoms with Crippen LogP contribution in [0.4, 0.5) is 43.9 Å². The Morgan fingerprint density at radius 1 is 0.926 bits per heavy atom. The zero-order valence-electron chi connectivity index (χ0n) is 12.6. The summed E-state index contributed by atoms with van der Waals surface area (Å²) in [6, 6.07) is 4.40. The molecule has 0 saturated carbocycles. The first kappa shape index (κ1) is 20.9. The minimum atomic E-state index is -6.77. The van der Waals surface area contributed by atoms with Gasteiger partial charge in [-0.05, 0) is 0 Å². The van der Waals surface area contributed by atoms with Gasteiger partial charge in [0.15, 0.2) is 11.7 Å². The molecule has 2 rings (SSSR count). The van der Waals surface area contributed by atoms with Gasteiger partial charge in [-0.2, -0.15) is 26.3 Å². The third-order valence-electron chi connectivity index (χ3n) is 3.82. The number of Topliss-reactive ketones (excluding diaryl/α,β-unsaturated/α-hetero) is 2. The number of ketones is 2.